The second kappa shape index (κ2) is 5.53. The molecule has 0 fully saturated rings. The Labute approximate surface area is 90.3 Å². The Bertz CT molecular complexity index is 359. The van der Waals surface area contributed by atoms with E-state index in [1.54, 1.807) is 13.0 Å². The number of anilines is 1. The van der Waals surface area contributed by atoms with Crippen molar-refractivity contribution in [2.45, 2.75) is 33.6 Å². The maximum atomic E-state index is 11.3. The zero-order valence-corrected chi connectivity index (χ0v) is 9.71. The third-order valence-electron chi connectivity index (χ3n) is 2.33. The Kier molecular flexibility index (Phi) is 4.34. The number of hydrogen-bond donors (Lipinski definition) is 1. The van der Waals surface area contributed by atoms with Crippen molar-refractivity contribution in [3.05, 3.63) is 22.2 Å². The van der Waals surface area contributed by atoms with E-state index in [0.29, 0.717) is 5.82 Å². The lowest BCUT2D eigenvalue weighted by molar-refractivity contribution is 0.720. The average molecular weight is 209 g/mol. The number of aryl methyl sites for hydroxylation is 1. The molecule has 0 aliphatic rings. The molecule has 1 rings (SSSR count). The molecule has 1 aromatic heterocycles. The molecule has 15 heavy (non-hydrogen) atoms. The van der Waals surface area contributed by atoms with E-state index < -0.39 is 0 Å². The fraction of sp³-hybridized carbons (Fsp3) is 0.636. The predicted molar refractivity (Wildman–Crippen MR) is 62.4 cm³/mol. The summed E-state index contributed by atoms with van der Waals surface area (Å²) in [6.07, 6.45) is 2.28. The molecule has 0 saturated heterocycles. The normalized spacial score (nSPS) is 10.3. The van der Waals surface area contributed by atoms with Crippen LogP contribution in [-0.4, -0.2) is 23.1 Å². The highest BCUT2D eigenvalue weighted by Crippen LogP contribution is 2.08. The van der Waals surface area contributed by atoms with E-state index in [9.17, 15) is 4.79 Å². The summed E-state index contributed by atoms with van der Waals surface area (Å²) in [4.78, 5) is 20.4. The lowest BCUT2D eigenvalue weighted by atomic mass is 10.3. The van der Waals surface area contributed by atoms with Gasteiger partial charge in [-0.15, -0.1) is 0 Å². The first-order valence-electron chi connectivity index (χ1n) is 5.50. The van der Waals surface area contributed by atoms with Gasteiger partial charge >= 0.3 is 0 Å². The van der Waals surface area contributed by atoms with Crippen molar-refractivity contribution in [1.29, 1.82) is 0 Å². The maximum absolute atomic E-state index is 11.3. The second-order valence-electron chi connectivity index (χ2n) is 3.62. The molecular weight excluding hydrogens is 190 g/mol. The molecule has 4 heteroatoms. The van der Waals surface area contributed by atoms with E-state index in [0.717, 1.165) is 31.7 Å². The van der Waals surface area contributed by atoms with E-state index in [4.69, 9.17) is 0 Å². The smallest absolute Gasteiger partial charge is 0.252 e. The van der Waals surface area contributed by atoms with Crippen LogP contribution in [0.1, 0.15) is 32.5 Å². The van der Waals surface area contributed by atoms with Gasteiger partial charge in [0.1, 0.15) is 11.6 Å². The highest BCUT2D eigenvalue weighted by atomic mass is 16.1. The Morgan fingerprint density at radius 2 is 2.20 bits per heavy atom. The number of H-pyrrole nitrogens is 1. The predicted octanol–water partition coefficient (Wildman–Crippen LogP) is 1.70. The first-order chi connectivity index (χ1) is 7.17. The van der Waals surface area contributed by atoms with E-state index in [1.807, 2.05) is 0 Å². The van der Waals surface area contributed by atoms with Crippen LogP contribution in [0.2, 0.25) is 0 Å². The van der Waals surface area contributed by atoms with Gasteiger partial charge in [0.15, 0.2) is 0 Å². The van der Waals surface area contributed by atoms with Crippen molar-refractivity contribution in [1.82, 2.24) is 9.97 Å². The maximum Gasteiger partial charge on any atom is 0.252 e. The molecule has 84 valence electrons. The fourth-order valence-corrected chi connectivity index (χ4v) is 1.51. The van der Waals surface area contributed by atoms with Gasteiger partial charge in [0, 0.05) is 19.2 Å². The zero-order valence-electron chi connectivity index (χ0n) is 9.71. The molecule has 0 aliphatic heterocycles. The average Bonchev–Trinajstić information content (AvgIpc) is 2.17. The lowest BCUT2D eigenvalue weighted by Gasteiger charge is -2.21. The van der Waals surface area contributed by atoms with Gasteiger partial charge in [0.05, 0.1) is 0 Å². The highest BCUT2D eigenvalue weighted by molar-refractivity contribution is 5.36. The van der Waals surface area contributed by atoms with Crippen LogP contribution >= 0.6 is 0 Å². The molecule has 0 atom stereocenters. The van der Waals surface area contributed by atoms with E-state index in [1.165, 1.54) is 0 Å². The minimum Gasteiger partial charge on any atom is -0.357 e. The van der Waals surface area contributed by atoms with Gasteiger partial charge in [-0.2, -0.15) is 0 Å². The summed E-state index contributed by atoms with van der Waals surface area (Å²) < 4.78 is 0. The zero-order chi connectivity index (χ0) is 11.3. The Morgan fingerprint density at radius 3 is 2.73 bits per heavy atom. The number of hydrogen-bond acceptors (Lipinski definition) is 3. The third-order valence-corrected chi connectivity index (χ3v) is 2.33. The summed E-state index contributed by atoms with van der Waals surface area (Å²) in [6, 6.07) is 1.56. The number of nitrogens with one attached hydrogen (secondary N) is 1. The molecule has 1 aromatic rings. The Hall–Kier alpha value is -1.32. The lowest BCUT2D eigenvalue weighted by Crippen LogP contribution is -2.27. The molecule has 0 amide bonds. The summed E-state index contributed by atoms with van der Waals surface area (Å²) in [5, 5.41) is 0. The second-order valence-corrected chi connectivity index (χ2v) is 3.62. The number of rotatable bonds is 5. The monoisotopic (exact) mass is 209 g/mol. The first-order valence-corrected chi connectivity index (χ1v) is 5.50. The fourth-order valence-electron chi connectivity index (χ4n) is 1.51. The van der Waals surface area contributed by atoms with Crippen molar-refractivity contribution in [3.63, 3.8) is 0 Å². The molecule has 0 aromatic carbocycles. The van der Waals surface area contributed by atoms with Crippen LogP contribution in [0.15, 0.2) is 10.9 Å². The van der Waals surface area contributed by atoms with Crippen molar-refractivity contribution >= 4 is 5.82 Å². The number of unbranched alkanes of at least 4 members (excludes halogenated alkanes) is 1. The van der Waals surface area contributed by atoms with Crippen molar-refractivity contribution in [2.75, 3.05) is 18.0 Å². The molecule has 0 aliphatic carbocycles. The van der Waals surface area contributed by atoms with Crippen LogP contribution in [0.3, 0.4) is 0 Å². The van der Waals surface area contributed by atoms with Gasteiger partial charge in [-0.25, -0.2) is 4.98 Å². The summed E-state index contributed by atoms with van der Waals surface area (Å²) in [5.41, 5.74) is -0.0764. The molecule has 0 radical (unpaired) electrons. The van der Waals surface area contributed by atoms with E-state index >= 15 is 0 Å². The minimum absolute atomic E-state index is 0.0764. The molecule has 0 saturated carbocycles. The van der Waals surface area contributed by atoms with Crippen LogP contribution in [-0.2, 0) is 0 Å². The van der Waals surface area contributed by atoms with Gasteiger partial charge < -0.3 is 9.88 Å². The molecule has 0 spiro atoms. The van der Waals surface area contributed by atoms with Gasteiger partial charge in [0.25, 0.3) is 5.56 Å². The van der Waals surface area contributed by atoms with Crippen LogP contribution in [0, 0.1) is 6.92 Å². The van der Waals surface area contributed by atoms with Gasteiger partial charge in [-0.05, 0) is 20.3 Å². The first kappa shape index (κ1) is 11.8. The summed E-state index contributed by atoms with van der Waals surface area (Å²) in [7, 11) is 0. The molecule has 4 nitrogen and oxygen atoms in total. The molecule has 1 N–H and O–H groups in total. The SMILES string of the molecule is CCCCN(CC)c1cc(=O)[nH]c(C)n1. The standard InChI is InChI=1S/C11H19N3O/c1-4-6-7-14(5-2)10-8-11(15)13-9(3)12-10/h8H,4-7H2,1-3H3,(H,12,13,15). The topological polar surface area (TPSA) is 49.0 Å². The third kappa shape index (κ3) is 3.38. The van der Waals surface area contributed by atoms with Crippen molar-refractivity contribution in [2.24, 2.45) is 0 Å². The van der Waals surface area contributed by atoms with Crippen molar-refractivity contribution < 1.29 is 0 Å². The molecule has 1 heterocycles. The van der Waals surface area contributed by atoms with Gasteiger partial charge in [-0.3, -0.25) is 4.79 Å². The number of aromatic amines is 1. The summed E-state index contributed by atoms with van der Waals surface area (Å²) in [5.74, 6) is 1.46. The summed E-state index contributed by atoms with van der Waals surface area (Å²) in [6.45, 7) is 7.88. The quantitative estimate of drug-likeness (QED) is 0.803. The van der Waals surface area contributed by atoms with Crippen molar-refractivity contribution in [3.8, 4) is 0 Å². The van der Waals surface area contributed by atoms with Crippen LogP contribution in [0.4, 0.5) is 5.82 Å². The molecule has 0 bridgehead atoms. The highest BCUT2D eigenvalue weighted by Gasteiger charge is 2.06. The van der Waals surface area contributed by atoms with Gasteiger partial charge in [-0.1, -0.05) is 13.3 Å². The number of aromatic nitrogens is 2. The largest absolute Gasteiger partial charge is 0.357 e. The molecular formula is C11H19N3O. The van der Waals surface area contributed by atoms with Crippen LogP contribution < -0.4 is 10.5 Å². The Morgan fingerprint density at radius 1 is 1.47 bits per heavy atom. The van der Waals surface area contributed by atoms with E-state index in [-0.39, 0.29) is 5.56 Å². The summed E-state index contributed by atoms with van der Waals surface area (Å²) >= 11 is 0. The van der Waals surface area contributed by atoms with Gasteiger partial charge in [0.2, 0.25) is 0 Å². The molecule has 0 unspecified atom stereocenters. The number of nitrogens with zero attached hydrogens (tertiary/aromatic N) is 2. The van der Waals surface area contributed by atoms with Crippen LogP contribution in [0.25, 0.3) is 0 Å². The minimum atomic E-state index is -0.0764. The Balaban J connectivity index is 2.86. The van der Waals surface area contributed by atoms with Crippen LogP contribution in [0.5, 0.6) is 0 Å². The van der Waals surface area contributed by atoms with E-state index in [2.05, 4.69) is 28.7 Å².